The van der Waals surface area contributed by atoms with Gasteiger partial charge >= 0.3 is 18.1 Å². The molecule has 1 aromatic carbocycles. The maximum atomic E-state index is 13.6. The topological polar surface area (TPSA) is 57.5 Å². The maximum absolute atomic E-state index is 13.6. The number of halogens is 3. The second kappa shape index (κ2) is 7.63. The number of carbonyl (C=O) groups excluding carboxylic acids is 2. The summed E-state index contributed by atoms with van der Waals surface area (Å²) >= 11 is 0. The third kappa shape index (κ3) is 3.74. The standard InChI is InChI=1S/C18H18F3NO4/c1-4-25-16(23)12-8-6-7-9-14(12)22-11(3)13(17(24)26-5-2)10-15(22)18(19,20)21/h6-10H,4-5H2,1-3H3. The fourth-order valence-electron chi connectivity index (χ4n) is 2.59. The zero-order valence-corrected chi connectivity index (χ0v) is 14.5. The molecule has 0 aliphatic carbocycles. The number of alkyl halides is 3. The van der Waals surface area contributed by atoms with Crippen molar-refractivity contribution in [2.24, 2.45) is 0 Å². The van der Waals surface area contributed by atoms with Crippen LogP contribution in [0, 0.1) is 6.92 Å². The lowest BCUT2D eigenvalue weighted by molar-refractivity contribution is -0.142. The third-order valence-corrected chi connectivity index (χ3v) is 3.67. The molecule has 2 aromatic rings. The van der Waals surface area contributed by atoms with E-state index in [9.17, 15) is 22.8 Å². The molecule has 26 heavy (non-hydrogen) atoms. The van der Waals surface area contributed by atoms with Crippen LogP contribution in [0.2, 0.25) is 0 Å². The summed E-state index contributed by atoms with van der Waals surface area (Å²) in [6, 6.07) is 6.49. The molecule has 0 bridgehead atoms. The number of ether oxygens (including phenoxy) is 2. The Kier molecular flexibility index (Phi) is 5.74. The van der Waals surface area contributed by atoms with E-state index in [1.54, 1.807) is 13.8 Å². The fourth-order valence-corrected chi connectivity index (χ4v) is 2.59. The van der Waals surface area contributed by atoms with Crippen molar-refractivity contribution in [1.82, 2.24) is 4.57 Å². The quantitative estimate of drug-likeness (QED) is 0.743. The second-order valence-corrected chi connectivity index (χ2v) is 5.32. The number of aromatic nitrogens is 1. The fraction of sp³-hybridized carbons (Fsp3) is 0.333. The highest BCUT2D eigenvalue weighted by Crippen LogP contribution is 2.36. The predicted octanol–water partition coefficient (Wildman–Crippen LogP) is 4.16. The van der Waals surface area contributed by atoms with Crippen molar-refractivity contribution < 1.29 is 32.2 Å². The highest BCUT2D eigenvalue weighted by molar-refractivity contribution is 5.95. The van der Waals surface area contributed by atoms with Crippen molar-refractivity contribution in [3.8, 4) is 5.69 Å². The summed E-state index contributed by atoms with van der Waals surface area (Å²) in [7, 11) is 0. The number of nitrogens with zero attached hydrogens (tertiary/aromatic N) is 1. The molecule has 0 saturated carbocycles. The van der Waals surface area contributed by atoms with Gasteiger partial charge in [-0.2, -0.15) is 13.2 Å². The number of hydrogen-bond acceptors (Lipinski definition) is 4. The van der Waals surface area contributed by atoms with Crippen LogP contribution < -0.4 is 0 Å². The molecule has 8 heteroatoms. The Morgan fingerprint density at radius 3 is 2.08 bits per heavy atom. The van der Waals surface area contributed by atoms with E-state index in [4.69, 9.17) is 9.47 Å². The van der Waals surface area contributed by atoms with Gasteiger partial charge in [-0.25, -0.2) is 9.59 Å². The van der Waals surface area contributed by atoms with E-state index in [-0.39, 0.29) is 35.7 Å². The van der Waals surface area contributed by atoms with Crippen molar-refractivity contribution in [3.63, 3.8) is 0 Å². The van der Waals surface area contributed by atoms with Crippen LogP contribution in [0.25, 0.3) is 5.69 Å². The average molecular weight is 369 g/mol. The number of carbonyl (C=O) groups is 2. The summed E-state index contributed by atoms with van der Waals surface area (Å²) in [5.41, 5.74) is -1.32. The van der Waals surface area contributed by atoms with Gasteiger partial charge in [0.15, 0.2) is 0 Å². The molecule has 2 rings (SSSR count). The molecule has 1 aromatic heterocycles. The molecular weight excluding hydrogens is 351 g/mol. The molecule has 1 heterocycles. The zero-order chi connectivity index (χ0) is 19.5. The van der Waals surface area contributed by atoms with Gasteiger partial charge in [-0.15, -0.1) is 0 Å². The van der Waals surface area contributed by atoms with Crippen LogP contribution in [-0.2, 0) is 15.7 Å². The van der Waals surface area contributed by atoms with Gasteiger partial charge in [0.05, 0.1) is 30.0 Å². The van der Waals surface area contributed by atoms with E-state index in [0.29, 0.717) is 0 Å². The molecule has 0 aliphatic heterocycles. The van der Waals surface area contributed by atoms with E-state index >= 15 is 0 Å². The smallest absolute Gasteiger partial charge is 0.431 e. The van der Waals surface area contributed by atoms with E-state index in [0.717, 1.165) is 10.6 Å². The number of rotatable bonds is 5. The van der Waals surface area contributed by atoms with E-state index < -0.39 is 23.8 Å². The molecule has 0 amide bonds. The molecular formula is C18H18F3NO4. The first-order valence-electron chi connectivity index (χ1n) is 7.95. The van der Waals surface area contributed by atoms with Gasteiger partial charge in [-0.05, 0) is 39.0 Å². The molecule has 140 valence electrons. The van der Waals surface area contributed by atoms with Crippen LogP contribution in [0.1, 0.15) is 46.0 Å². The molecule has 0 aliphatic rings. The van der Waals surface area contributed by atoms with E-state index in [1.807, 2.05) is 0 Å². The Morgan fingerprint density at radius 1 is 1.00 bits per heavy atom. The minimum Gasteiger partial charge on any atom is -0.462 e. The van der Waals surface area contributed by atoms with E-state index in [2.05, 4.69) is 0 Å². The van der Waals surface area contributed by atoms with Gasteiger partial charge in [-0.3, -0.25) is 0 Å². The largest absolute Gasteiger partial charge is 0.462 e. The molecule has 0 fully saturated rings. The van der Waals surface area contributed by atoms with Crippen LogP contribution in [0.15, 0.2) is 30.3 Å². The molecule has 0 spiro atoms. The number of para-hydroxylation sites is 1. The molecule has 0 atom stereocenters. The highest BCUT2D eigenvalue weighted by atomic mass is 19.4. The van der Waals surface area contributed by atoms with Gasteiger partial charge in [0, 0.05) is 5.69 Å². The minimum atomic E-state index is -4.74. The third-order valence-electron chi connectivity index (χ3n) is 3.67. The Morgan fingerprint density at radius 2 is 1.54 bits per heavy atom. The van der Waals surface area contributed by atoms with Gasteiger partial charge < -0.3 is 14.0 Å². The van der Waals surface area contributed by atoms with Gasteiger partial charge in [0.2, 0.25) is 0 Å². The summed E-state index contributed by atoms with van der Waals surface area (Å²) < 4.78 is 51.3. The average Bonchev–Trinajstić information content (AvgIpc) is 2.93. The van der Waals surface area contributed by atoms with Crippen LogP contribution >= 0.6 is 0 Å². The van der Waals surface area contributed by atoms with Crippen LogP contribution in [-0.4, -0.2) is 29.7 Å². The van der Waals surface area contributed by atoms with Crippen LogP contribution in [0.5, 0.6) is 0 Å². The molecule has 5 nitrogen and oxygen atoms in total. The maximum Gasteiger partial charge on any atom is 0.431 e. The lowest BCUT2D eigenvalue weighted by Crippen LogP contribution is -2.16. The predicted molar refractivity (Wildman–Crippen MR) is 87.4 cm³/mol. The Bertz CT molecular complexity index is 824. The number of hydrogen-bond donors (Lipinski definition) is 0. The zero-order valence-electron chi connectivity index (χ0n) is 14.5. The Hall–Kier alpha value is -2.77. The number of benzene rings is 1. The van der Waals surface area contributed by atoms with E-state index in [1.165, 1.54) is 31.2 Å². The van der Waals surface area contributed by atoms with Gasteiger partial charge in [0.1, 0.15) is 5.69 Å². The first-order chi connectivity index (χ1) is 12.2. The van der Waals surface area contributed by atoms with Crippen LogP contribution in [0.3, 0.4) is 0 Å². The highest BCUT2D eigenvalue weighted by Gasteiger charge is 2.38. The monoisotopic (exact) mass is 369 g/mol. The first-order valence-corrected chi connectivity index (χ1v) is 7.95. The summed E-state index contributed by atoms with van der Waals surface area (Å²) in [5.74, 6) is -1.61. The lowest BCUT2D eigenvalue weighted by Gasteiger charge is -2.17. The number of esters is 2. The SMILES string of the molecule is CCOC(=O)c1ccccc1-n1c(C(F)(F)F)cc(C(=O)OCC)c1C. The van der Waals surface area contributed by atoms with Crippen molar-refractivity contribution in [2.45, 2.75) is 26.9 Å². The summed E-state index contributed by atoms with van der Waals surface area (Å²) in [6.45, 7) is 4.64. The Labute approximate surface area is 148 Å². The van der Waals surface area contributed by atoms with Crippen molar-refractivity contribution in [3.05, 3.63) is 52.8 Å². The summed E-state index contributed by atoms with van der Waals surface area (Å²) in [5, 5.41) is 0. The molecule has 0 radical (unpaired) electrons. The van der Waals surface area contributed by atoms with Gasteiger partial charge in [-0.1, -0.05) is 12.1 Å². The first kappa shape index (κ1) is 19.6. The minimum absolute atomic E-state index is 0.0209. The Balaban J connectivity index is 2.74. The molecule has 0 unspecified atom stereocenters. The summed E-state index contributed by atoms with van der Waals surface area (Å²) in [6.07, 6.45) is -4.74. The normalized spacial score (nSPS) is 11.3. The van der Waals surface area contributed by atoms with Crippen molar-refractivity contribution >= 4 is 11.9 Å². The van der Waals surface area contributed by atoms with Crippen molar-refractivity contribution in [1.29, 1.82) is 0 Å². The summed E-state index contributed by atoms with van der Waals surface area (Å²) in [4.78, 5) is 24.2. The molecule has 0 saturated heterocycles. The lowest BCUT2D eigenvalue weighted by atomic mass is 10.1. The van der Waals surface area contributed by atoms with Gasteiger partial charge in [0.25, 0.3) is 0 Å². The second-order valence-electron chi connectivity index (χ2n) is 5.32. The van der Waals surface area contributed by atoms with Crippen molar-refractivity contribution in [2.75, 3.05) is 13.2 Å². The van der Waals surface area contributed by atoms with Crippen LogP contribution in [0.4, 0.5) is 13.2 Å². The molecule has 0 N–H and O–H groups in total.